The monoisotopic (exact) mass is 341 g/mol. The van der Waals surface area contributed by atoms with E-state index in [1.54, 1.807) is 25.1 Å². The molecule has 0 saturated carbocycles. The molecule has 23 heavy (non-hydrogen) atoms. The molecule has 1 aromatic rings. The number of benzene rings is 1. The van der Waals surface area contributed by atoms with Crippen LogP contribution < -0.4 is 4.72 Å². The second-order valence-corrected chi connectivity index (χ2v) is 7.19. The number of carboxylic acid groups (broad SMARTS) is 1. The van der Waals surface area contributed by atoms with Gasteiger partial charge in [-0.2, -0.15) is 0 Å². The number of sulfonamides is 1. The first-order chi connectivity index (χ1) is 10.7. The van der Waals surface area contributed by atoms with E-state index in [0.717, 1.165) is 11.1 Å². The van der Waals surface area contributed by atoms with Gasteiger partial charge in [-0.1, -0.05) is 6.07 Å². The lowest BCUT2D eigenvalue weighted by Crippen LogP contribution is -2.40. The van der Waals surface area contributed by atoms with Crippen molar-refractivity contribution >= 4 is 22.1 Å². The zero-order chi connectivity index (χ0) is 17.2. The minimum Gasteiger partial charge on any atom is -0.464 e. The summed E-state index contributed by atoms with van der Waals surface area (Å²) in [6.45, 7) is 1.04. The number of carbonyl (C=O) groups excluding carboxylic acids is 1. The summed E-state index contributed by atoms with van der Waals surface area (Å²) in [5.41, 5.74) is 1.78. The number of hydrogen-bond donors (Lipinski definition) is 2. The van der Waals surface area contributed by atoms with Crippen LogP contribution in [-0.4, -0.2) is 62.6 Å². The van der Waals surface area contributed by atoms with Gasteiger partial charge in [0.05, 0.1) is 4.90 Å². The molecule has 1 heterocycles. The maximum atomic E-state index is 12.0. The molecule has 0 bridgehead atoms. The Bertz CT molecular complexity index is 730. The molecule has 2 N–H and O–H groups in total. The Morgan fingerprint density at radius 2 is 1.78 bits per heavy atom. The van der Waals surface area contributed by atoms with Crippen LogP contribution in [0.5, 0.6) is 0 Å². The van der Waals surface area contributed by atoms with Crippen LogP contribution in [0.1, 0.15) is 11.1 Å². The number of rotatable bonds is 2. The molecule has 1 aliphatic heterocycles. The Labute approximate surface area is 134 Å². The molecule has 0 unspecified atom stereocenters. The third kappa shape index (κ3) is 3.92. The standard InChI is InChI=1S/C14H19N3O5S/c1-16(2)14(20)17-7-5-10-3-4-12(9-11(10)6-8-17)23(21,22)15-13(18)19/h3-4,9,15H,5-8H2,1-2H3,(H,18,19). The second kappa shape index (κ2) is 6.45. The van der Waals surface area contributed by atoms with Crippen LogP contribution in [0.15, 0.2) is 23.1 Å². The smallest absolute Gasteiger partial charge is 0.418 e. The maximum Gasteiger partial charge on any atom is 0.418 e. The molecule has 0 spiro atoms. The Hall–Kier alpha value is -2.29. The fourth-order valence-corrected chi connectivity index (χ4v) is 3.41. The molecule has 0 atom stereocenters. The van der Waals surface area contributed by atoms with Crippen LogP contribution >= 0.6 is 0 Å². The topological polar surface area (TPSA) is 107 Å². The molecule has 8 nitrogen and oxygen atoms in total. The van der Waals surface area contributed by atoms with E-state index in [0.29, 0.717) is 25.9 Å². The molecular formula is C14H19N3O5S. The molecule has 0 saturated heterocycles. The molecular weight excluding hydrogens is 322 g/mol. The fraction of sp³-hybridized carbons (Fsp3) is 0.429. The van der Waals surface area contributed by atoms with Crippen molar-refractivity contribution in [3.63, 3.8) is 0 Å². The highest BCUT2D eigenvalue weighted by molar-refractivity contribution is 7.90. The van der Waals surface area contributed by atoms with Gasteiger partial charge in [-0.3, -0.25) is 0 Å². The third-order valence-corrected chi connectivity index (χ3v) is 4.98. The van der Waals surface area contributed by atoms with Gasteiger partial charge in [0.1, 0.15) is 0 Å². The highest BCUT2D eigenvalue weighted by Crippen LogP contribution is 2.21. The van der Waals surface area contributed by atoms with Crippen LogP contribution in [0.4, 0.5) is 9.59 Å². The van der Waals surface area contributed by atoms with Crippen molar-refractivity contribution in [1.82, 2.24) is 14.5 Å². The van der Waals surface area contributed by atoms with E-state index in [4.69, 9.17) is 5.11 Å². The number of hydrogen-bond acceptors (Lipinski definition) is 4. The summed E-state index contributed by atoms with van der Waals surface area (Å²) in [4.78, 5) is 25.7. The van der Waals surface area contributed by atoms with Crippen LogP contribution in [0, 0.1) is 0 Å². The number of nitrogens with zero attached hydrogens (tertiary/aromatic N) is 2. The molecule has 0 radical (unpaired) electrons. The van der Waals surface area contributed by atoms with E-state index in [9.17, 15) is 18.0 Å². The molecule has 2 rings (SSSR count). The zero-order valence-electron chi connectivity index (χ0n) is 12.9. The van der Waals surface area contributed by atoms with Gasteiger partial charge in [0, 0.05) is 27.2 Å². The Balaban J connectivity index is 2.24. The molecule has 0 aromatic heterocycles. The number of carbonyl (C=O) groups is 2. The van der Waals surface area contributed by atoms with Crippen molar-refractivity contribution < 1.29 is 23.1 Å². The van der Waals surface area contributed by atoms with E-state index in [1.807, 2.05) is 0 Å². The van der Waals surface area contributed by atoms with Gasteiger partial charge < -0.3 is 14.9 Å². The van der Waals surface area contributed by atoms with Gasteiger partial charge in [0.2, 0.25) is 0 Å². The maximum absolute atomic E-state index is 12.0. The van der Waals surface area contributed by atoms with Crippen molar-refractivity contribution in [3.05, 3.63) is 29.3 Å². The van der Waals surface area contributed by atoms with Crippen LogP contribution in [0.3, 0.4) is 0 Å². The van der Waals surface area contributed by atoms with Crippen molar-refractivity contribution in [2.24, 2.45) is 0 Å². The number of amides is 3. The third-order valence-electron chi connectivity index (χ3n) is 3.66. The summed E-state index contributed by atoms with van der Waals surface area (Å²) < 4.78 is 25.3. The van der Waals surface area contributed by atoms with Gasteiger partial charge in [-0.25, -0.2) is 22.7 Å². The molecule has 0 aliphatic carbocycles. The number of nitrogens with one attached hydrogen (secondary N) is 1. The summed E-state index contributed by atoms with van der Waals surface area (Å²) in [7, 11) is -0.720. The number of urea groups is 1. The molecule has 9 heteroatoms. The van der Waals surface area contributed by atoms with E-state index in [-0.39, 0.29) is 10.9 Å². The first kappa shape index (κ1) is 17.1. The average Bonchev–Trinajstić information content (AvgIpc) is 2.66. The SMILES string of the molecule is CN(C)C(=O)N1CCc2ccc(S(=O)(=O)NC(=O)O)cc2CC1. The first-order valence-corrected chi connectivity index (χ1v) is 8.53. The Morgan fingerprint density at radius 3 is 2.35 bits per heavy atom. The van der Waals surface area contributed by atoms with Gasteiger partial charge >= 0.3 is 12.1 Å². The van der Waals surface area contributed by atoms with E-state index in [2.05, 4.69) is 0 Å². The van der Waals surface area contributed by atoms with Crippen LogP contribution in [0.2, 0.25) is 0 Å². The van der Waals surface area contributed by atoms with Crippen LogP contribution in [0.25, 0.3) is 0 Å². The van der Waals surface area contributed by atoms with Gasteiger partial charge in [0.15, 0.2) is 0 Å². The lowest BCUT2D eigenvalue weighted by molar-refractivity contribution is 0.173. The summed E-state index contributed by atoms with van der Waals surface area (Å²) in [5, 5.41) is 8.60. The lowest BCUT2D eigenvalue weighted by atomic mass is 10.0. The minimum atomic E-state index is -4.09. The zero-order valence-corrected chi connectivity index (χ0v) is 13.8. The highest BCUT2D eigenvalue weighted by Gasteiger charge is 2.22. The summed E-state index contributed by atoms with van der Waals surface area (Å²) in [6.07, 6.45) is -0.477. The van der Waals surface area contributed by atoms with Gasteiger partial charge in [-0.05, 0) is 36.1 Å². The van der Waals surface area contributed by atoms with Crippen molar-refractivity contribution in [2.45, 2.75) is 17.7 Å². The van der Waals surface area contributed by atoms with Crippen LogP contribution in [-0.2, 0) is 22.9 Å². The van der Waals surface area contributed by atoms with E-state index in [1.165, 1.54) is 21.8 Å². The largest absolute Gasteiger partial charge is 0.464 e. The molecule has 3 amide bonds. The lowest BCUT2D eigenvalue weighted by Gasteiger charge is -2.24. The molecule has 1 aromatic carbocycles. The predicted molar refractivity (Wildman–Crippen MR) is 82.9 cm³/mol. The quantitative estimate of drug-likeness (QED) is 0.824. The van der Waals surface area contributed by atoms with E-state index >= 15 is 0 Å². The van der Waals surface area contributed by atoms with Gasteiger partial charge in [-0.15, -0.1) is 0 Å². The summed E-state index contributed by atoms with van der Waals surface area (Å²) in [5.74, 6) is 0. The summed E-state index contributed by atoms with van der Waals surface area (Å²) >= 11 is 0. The number of fused-ring (bicyclic) bond motifs is 1. The Kier molecular flexibility index (Phi) is 4.79. The predicted octanol–water partition coefficient (Wildman–Crippen LogP) is 0.725. The normalized spacial score (nSPS) is 14.6. The molecule has 126 valence electrons. The summed E-state index contributed by atoms with van der Waals surface area (Å²) in [6, 6.07) is 4.45. The van der Waals surface area contributed by atoms with Crippen molar-refractivity contribution in [1.29, 1.82) is 0 Å². The average molecular weight is 341 g/mol. The second-order valence-electron chi connectivity index (χ2n) is 5.51. The van der Waals surface area contributed by atoms with E-state index < -0.39 is 16.1 Å². The molecule has 1 aliphatic rings. The van der Waals surface area contributed by atoms with Crippen molar-refractivity contribution in [2.75, 3.05) is 27.2 Å². The Morgan fingerprint density at radius 1 is 1.17 bits per heavy atom. The van der Waals surface area contributed by atoms with Crippen molar-refractivity contribution in [3.8, 4) is 0 Å². The van der Waals surface area contributed by atoms with Gasteiger partial charge in [0.25, 0.3) is 10.0 Å². The minimum absolute atomic E-state index is 0.0850. The fourth-order valence-electron chi connectivity index (χ4n) is 2.52. The highest BCUT2D eigenvalue weighted by atomic mass is 32.2. The first-order valence-electron chi connectivity index (χ1n) is 7.04. The molecule has 0 fully saturated rings.